The number of para-hydroxylation sites is 1. The van der Waals surface area contributed by atoms with Gasteiger partial charge in [0.05, 0.1) is 19.3 Å². The SMILES string of the molecule is COc1ccccc1C(CC(C)C)NC(=O)N1CCC(C(C)O)CC1. The molecule has 25 heavy (non-hydrogen) atoms. The summed E-state index contributed by atoms with van der Waals surface area (Å²) in [5, 5.41) is 12.9. The molecule has 0 aromatic heterocycles. The zero-order valence-corrected chi connectivity index (χ0v) is 15.9. The lowest BCUT2D eigenvalue weighted by atomic mass is 9.92. The largest absolute Gasteiger partial charge is 0.496 e. The first-order valence-electron chi connectivity index (χ1n) is 9.28. The Hall–Kier alpha value is -1.75. The number of urea groups is 1. The standard InChI is InChI=1S/C20H32N2O3/c1-14(2)13-18(17-7-5-6-8-19(17)25-4)21-20(24)22-11-9-16(10-12-22)15(3)23/h5-8,14-16,18,23H,9-13H2,1-4H3,(H,21,24). The number of aliphatic hydroxyl groups excluding tert-OH is 1. The molecular weight excluding hydrogens is 316 g/mol. The minimum atomic E-state index is -0.299. The molecule has 1 aliphatic rings. The topological polar surface area (TPSA) is 61.8 Å². The number of likely N-dealkylation sites (tertiary alicyclic amines) is 1. The molecular formula is C20H32N2O3. The number of nitrogens with zero attached hydrogens (tertiary/aromatic N) is 1. The molecule has 5 nitrogen and oxygen atoms in total. The zero-order chi connectivity index (χ0) is 18.4. The smallest absolute Gasteiger partial charge is 0.317 e. The van der Waals surface area contributed by atoms with Crippen molar-refractivity contribution in [3.8, 4) is 5.75 Å². The van der Waals surface area contributed by atoms with Gasteiger partial charge in [-0.1, -0.05) is 32.0 Å². The Balaban J connectivity index is 2.06. The molecule has 2 rings (SSSR count). The summed E-state index contributed by atoms with van der Waals surface area (Å²) in [7, 11) is 1.66. The first-order chi connectivity index (χ1) is 11.9. The molecule has 140 valence electrons. The first kappa shape index (κ1) is 19.6. The molecule has 5 heteroatoms. The van der Waals surface area contributed by atoms with E-state index in [4.69, 9.17) is 4.74 Å². The van der Waals surface area contributed by atoms with Crippen LogP contribution in [-0.2, 0) is 0 Å². The second-order valence-electron chi connectivity index (χ2n) is 7.44. The van der Waals surface area contributed by atoms with Crippen molar-refractivity contribution >= 4 is 6.03 Å². The van der Waals surface area contributed by atoms with Crippen LogP contribution in [0.2, 0.25) is 0 Å². The second kappa shape index (κ2) is 9.09. The highest BCUT2D eigenvalue weighted by Crippen LogP contribution is 2.30. The number of hydrogen-bond donors (Lipinski definition) is 2. The van der Waals surface area contributed by atoms with Gasteiger partial charge in [-0.2, -0.15) is 0 Å². The highest BCUT2D eigenvalue weighted by atomic mass is 16.5. The molecule has 2 amide bonds. The van der Waals surface area contributed by atoms with Gasteiger partial charge in [0.25, 0.3) is 0 Å². The number of methoxy groups -OCH3 is 1. The molecule has 0 saturated carbocycles. The average molecular weight is 348 g/mol. The Morgan fingerprint density at radius 2 is 1.92 bits per heavy atom. The van der Waals surface area contributed by atoms with E-state index in [2.05, 4.69) is 19.2 Å². The van der Waals surface area contributed by atoms with E-state index in [-0.39, 0.29) is 18.2 Å². The van der Waals surface area contributed by atoms with Crippen LogP contribution in [0.1, 0.15) is 51.6 Å². The van der Waals surface area contributed by atoms with Gasteiger partial charge in [0.15, 0.2) is 0 Å². The van der Waals surface area contributed by atoms with Crippen molar-refractivity contribution in [3.63, 3.8) is 0 Å². The third-order valence-corrected chi connectivity index (χ3v) is 5.03. The predicted molar refractivity (Wildman–Crippen MR) is 99.7 cm³/mol. The third-order valence-electron chi connectivity index (χ3n) is 5.03. The predicted octanol–water partition coefficient (Wildman–Crippen LogP) is 3.58. The number of nitrogens with one attached hydrogen (secondary N) is 1. The number of carbonyl (C=O) groups is 1. The van der Waals surface area contributed by atoms with Gasteiger partial charge in [0, 0.05) is 18.7 Å². The monoisotopic (exact) mass is 348 g/mol. The van der Waals surface area contributed by atoms with E-state index < -0.39 is 0 Å². The molecule has 0 spiro atoms. The van der Waals surface area contributed by atoms with E-state index in [1.165, 1.54) is 0 Å². The van der Waals surface area contributed by atoms with Crippen LogP contribution in [-0.4, -0.2) is 42.3 Å². The van der Waals surface area contributed by atoms with Crippen molar-refractivity contribution in [1.29, 1.82) is 0 Å². The molecule has 2 unspecified atom stereocenters. The Morgan fingerprint density at radius 1 is 1.28 bits per heavy atom. The van der Waals surface area contributed by atoms with Gasteiger partial charge in [-0.05, 0) is 44.1 Å². The van der Waals surface area contributed by atoms with Gasteiger partial charge in [-0.3, -0.25) is 0 Å². The number of hydrogen-bond acceptors (Lipinski definition) is 3. The van der Waals surface area contributed by atoms with Crippen molar-refractivity contribution in [2.45, 2.75) is 52.2 Å². The molecule has 1 saturated heterocycles. The van der Waals surface area contributed by atoms with Crippen LogP contribution in [0.5, 0.6) is 5.75 Å². The lowest BCUT2D eigenvalue weighted by Gasteiger charge is -2.34. The van der Waals surface area contributed by atoms with Crippen LogP contribution < -0.4 is 10.1 Å². The van der Waals surface area contributed by atoms with E-state index in [1.807, 2.05) is 36.1 Å². The summed E-state index contributed by atoms with van der Waals surface area (Å²) in [6.45, 7) is 7.54. The second-order valence-corrected chi connectivity index (χ2v) is 7.44. The number of benzene rings is 1. The minimum Gasteiger partial charge on any atom is -0.496 e. The number of aliphatic hydroxyl groups is 1. The fourth-order valence-corrected chi connectivity index (χ4v) is 3.51. The Bertz CT molecular complexity index is 552. The molecule has 2 atom stereocenters. The van der Waals surface area contributed by atoms with E-state index in [1.54, 1.807) is 7.11 Å². The van der Waals surface area contributed by atoms with Crippen molar-refractivity contribution in [2.24, 2.45) is 11.8 Å². The molecule has 0 bridgehead atoms. The maximum atomic E-state index is 12.8. The summed E-state index contributed by atoms with van der Waals surface area (Å²) < 4.78 is 5.48. The van der Waals surface area contributed by atoms with Crippen LogP contribution in [0.4, 0.5) is 4.79 Å². The van der Waals surface area contributed by atoms with Crippen molar-refractivity contribution in [3.05, 3.63) is 29.8 Å². The van der Waals surface area contributed by atoms with Gasteiger partial charge >= 0.3 is 6.03 Å². The number of amides is 2. The number of rotatable bonds is 6. The summed E-state index contributed by atoms with van der Waals surface area (Å²) in [5.41, 5.74) is 1.02. The average Bonchev–Trinajstić information content (AvgIpc) is 2.60. The van der Waals surface area contributed by atoms with Crippen LogP contribution in [0, 0.1) is 11.8 Å². The molecule has 0 aliphatic carbocycles. The van der Waals surface area contributed by atoms with E-state index in [9.17, 15) is 9.90 Å². The maximum Gasteiger partial charge on any atom is 0.317 e. The molecule has 1 aliphatic heterocycles. The Kier molecular flexibility index (Phi) is 7.12. The summed E-state index contributed by atoms with van der Waals surface area (Å²) in [6, 6.07) is 7.77. The Labute approximate surface area is 151 Å². The van der Waals surface area contributed by atoms with Gasteiger partial charge in [0.2, 0.25) is 0 Å². The lowest BCUT2D eigenvalue weighted by molar-refractivity contribution is 0.0791. The van der Waals surface area contributed by atoms with Gasteiger partial charge in [-0.15, -0.1) is 0 Å². The van der Waals surface area contributed by atoms with Crippen LogP contribution in [0.3, 0.4) is 0 Å². The first-order valence-corrected chi connectivity index (χ1v) is 9.28. The van der Waals surface area contributed by atoms with Crippen LogP contribution >= 0.6 is 0 Å². The van der Waals surface area contributed by atoms with Crippen LogP contribution in [0.15, 0.2) is 24.3 Å². The highest BCUT2D eigenvalue weighted by Gasteiger charge is 2.27. The Morgan fingerprint density at radius 3 is 2.48 bits per heavy atom. The van der Waals surface area contributed by atoms with Gasteiger partial charge < -0.3 is 20.1 Å². The summed E-state index contributed by atoms with van der Waals surface area (Å²) in [6.07, 6.45) is 2.27. The number of carbonyl (C=O) groups excluding carboxylic acids is 1. The molecule has 1 aromatic carbocycles. The normalized spacial score (nSPS) is 18.1. The number of ether oxygens (including phenoxy) is 1. The summed E-state index contributed by atoms with van der Waals surface area (Å²) >= 11 is 0. The van der Waals surface area contributed by atoms with E-state index in [0.29, 0.717) is 24.9 Å². The van der Waals surface area contributed by atoms with Crippen molar-refractivity contribution < 1.29 is 14.6 Å². The summed E-state index contributed by atoms with van der Waals surface area (Å²) in [5.74, 6) is 1.56. The quantitative estimate of drug-likeness (QED) is 0.826. The number of piperidine rings is 1. The van der Waals surface area contributed by atoms with E-state index >= 15 is 0 Å². The van der Waals surface area contributed by atoms with Gasteiger partial charge in [0.1, 0.15) is 5.75 Å². The molecule has 0 radical (unpaired) electrons. The van der Waals surface area contributed by atoms with Crippen LogP contribution in [0.25, 0.3) is 0 Å². The molecule has 1 aromatic rings. The van der Waals surface area contributed by atoms with Crippen molar-refractivity contribution in [2.75, 3.05) is 20.2 Å². The third kappa shape index (κ3) is 5.36. The highest BCUT2D eigenvalue weighted by molar-refractivity contribution is 5.75. The lowest BCUT2D eigenvalue weighted by Crippen LogP contribution is -2.46. The fraction of sp³-hybridized carbons (Fsp3) is 0.650. The zero-order valence-electron chi connectivity index (χ0n) is 15.9. The maximum absolute atomic E-state index is 12.8. The molecule has 1 heterocycles. The summed E-state index contributed by atoms with van der Waals surface area (Å²) in [4.78, 5) is 14.6. The molecule has 2 N–H and O–H groups in total. The van der Waals surface area contributed by atoms with E-state index in [0.717, 1.165) is 30.6 Å². The molecule has 1 fully saturated rings. The van der Waals surface area contributed by atoms with Gasteiger partial charge in [-0.25, -0.2) is 4.79 Å². The fourth-order valence-electron chi connectivity index (χ4n) is 3.51. The van der Waals surface area contributed by atoms with Crippen molar-refractivity contribution in [1.82, 2.24) is 10.2 Å². The minimum absolute atomic E-state index is 0.0272.